The zero-order valence-electron chi connectivity index (χ0n) is 16.6. The van der Waals surface area contributed by atoms with E-state index in [0.29, 0.717) is 21.7 Å². The third kappa shape index (κ3) is 5.40. The molecule has 29 heavy (non-hydrogen) atoms. The smallest absolute Gasteiger partial charge is 0.203 e. The van der Waals surface area contributed by atoms with Crippen molar-refractivity contribution in [3.63, 3.8) is 0 Å². The highest BCUT2D eigenvalue weighted by Crippen LogP contribution is 2.34. The van der Waals surface area contributed by atoms with Crippen molar-refractivity contribution in [1.82, 2.24) is 4.98 Å². The molecule has 0 atom stereocenters. The van der Waals surface area contributed by atoms with Gasteiger partial charge in [0.1, 0.15) is 17.2 Å². The summed E-state index contributed by atoms with van der Waals surface area (Å²) in [4.78, 5) is 4.57. The molecule has 1 N–H and O–H groups in total. The van der Waals surface area contributed by atoms with Gasteiger partial charge in [0.05, 0.1) is 37.3 Å². The van der Waals surface area contributed by atoms with Gasteiger partial charge in [0, 0.05) is 17.0 Å². The normalized spacial score (nSPS) is 11.1. The Morgan fingerprint density at radius 1 is 1.10 bits per heavy atom. The molecule has 0 bridgehead atoms. The highest BCUT2D eigenvalue weighted by molar-refractivity contribution is 7.14. The van der Waals surface area contributed by atoms with E-state index in [9.17, 15) is 0 Å². The summed E-state index contributed by atoms with van der Waals surface area (Å²) in [6, 6.07) is 11.2. The van der Waals surface area contributed by atoms with Gasteiger partial charge in [0.15, 0.2) is 0 Å². The van der Waals surface area contributed by atoms with Crippen molar-refractivity contribution >= 4 is 34.3 Å². The van der Waals surface area contributed by atoms with E-state index < -0.39 is 0 Å². The van der Waals surface area contributed by atoms with Crippen molar-refractivity contribution in [3.8, 4) is 28.5 Å². The Hall–Kier alpha value is -2.77. The predicted octanol–water partition coefficient (Wildman–Crippen LogP) is 5.71. The molecule has 0 spiro atoms. The summed E-state index contributed by atoms with van der Waals surface area (Å²) < 4.78 is 16.3. The zero-order valence-corrected chi connectivity index (χ0v) is 18.2. The van der Waals surface area contributed by atoms with E-state index in [-0.39, 0.29) is 6.10 Å². The molecule has 1 heterocycles. The van der Waals surface area contributed by atoms with Crippen LogP contribution >= 0.6 is 22.9 Å². The Kier molecular flexibility index (Phi) is 6.95. The fourth-order valence-corrected chi connectivity index (χ4v) is 3.46. The van der Waals surface area contributed by atoms with Crippen molar-refractivity contribution in [3.05, 3.63) is 52.4 Å². The van der Waals surface area contributed by atoms with Gasteiger partial charge in [-0.1, -0.05) is 11.6 Å². The summed E-state index contributed by atoms with van der Waals surface area (Å²) in [7, 11) is 3.24. The van der Waals surface area contributed by atoms with Gasteiger partial charge in [-0.05, 0) is 49.7 Å². The molecule has 8 heteroatoms. The van der Waals surface area contributed by atoms with Crippen LogP contribution in [0.1, 0.15) is 19.4 Å². The maximum absolute atomic E-state index is 6.25. The number of anilines is 1. The number of halogens is 1. The lowest BCUT2D eigenvalue weighted by Crippen LogP contribution is -2.05. The molecule has 0 fully saturated rings. The van der Waals surface area contributed by atoms with Crippen LogP contribution in [0.5, 0.6) is 17.2 Å². The minimum Gasteiger partial charge on any atom is -0.497 e. The lowest BCUT2D eigenvalue weighted by Gasteiger charge is -2.11. The quantitative estimate of drug-likeness (QED) is 0.365. The molecule has 1 aromatic heterocycles. The molecule has 0 radical (unpaired) electrons. The van der Waals surface area contributed by atoms with Crippen LogP contribution in [-0.2, 0) is 0 Å². The number of rotatable bonds is 8. The third-order valence-corrected chi connectivity index (χ3v) is 4.92. The highest BCUT2D eigenvalue weighted by atomic mass is 35.5. The molecule has 0 aliphatic heterocycles. The van der Waals surface area contributed by atoms with Crippen molar-refractivity contribution in [2.24, 2.45) is 5.10 Å². The molecule has 6 nitrogen and oxygen atoms in total. The van der Waals surface area contributed by atoms with E-state index >= 15 is 0 Å². The molecule has 2 aromatic carbocycles. The first-order chi connectivity index (χ1) is 14.0. The summed E-state index contributed by atoms with van der Waals surface area (Å²) in [5, 5.41) is 7.40. The molecular formula is C21H22ClN3O3S. The number of ether oxygens (including phenoxy) is 3. The minimum absolute atomic E-state index is 0.0668. The number of hydrogen-bond donors (Lipinski definition) is 1. The van der Waals surface area contributed by atoms with Crippen LogP contribution < -0.4 is 19.6 Å². The number of aromatic nitrogens is 1. The van der Waals surface area contributed by atoms with E-state index in [2.05, 4.69) is 15.5 Å². The average molecular weight is 432 g/mol. The van der Waals surface area contributed by atoms with Gasteiger partial charge in [-0.3, -0.25) is 5.43 Å². The van der Waals surface area contributed by atoms with Crippen LogP contribution in [0.25, 0.3) is 11.3 Å². The van der Waals surface area contributed by atoms with Gasteiger partial charge in [-0.25, -0.2) is 4.98 Å². The van der Waals surface area contributed by atoms with E-state index in [1.54, 1.807) is 26.5 Å². The van der Waals surface area contributed by atoms with Crippen molar-refractivity contribution < 1.29 is 14.2 Å². The van der Waals surface area contributed by atoms with Crippen LogP contribution in [0.3, 0.4) is 0 Å². The molecule has 3 aromatic rings. The second-order valence-corrected chi connectivity index (χ2v) is 7.60. The molecule has 0 saturated carbocycles. The standard InChI is InChI=1S/C21H22ClN3O3S/c1-13(2)28-19-8-5-14(9-17(19)22)11-23-25-21-24-18(12-29-21)16-7-6-15(26-3)10-20(16)27-4/h5-13H,1-4H3,(H,24,25)/b23-11-. The summed E-state index contributed by atoms with van der Waals surface area (Å²) in [5.41, 5.74) is 5.48. The maximum atomic E-state index is 6.25. The summed E-state index contributed by atoms with van der Waals surface area (Å²) >= 11 is 7.70. The topological polar surface area (TPSA) is 65.0 Å². The maximum Gasteiger partial charge on any atom is 0.203 e. The Labute approximate surface area is 179 Å². The Balaban J connectivity index is 1.69. The van der Waals surface area contributed by atoms with Crippen molar-refractivity contribution in [2.45, 2.75) is 20.0 Å². The van der Waals surface area contributed by atoms with Gasteiger partial charge < -0.3 is 14.2 Å². The number of hydrogen-bond acceptors (Lipinski definition) is 7. The van der Waals surface area contributed by atoms with Gasteiger partial charge in [0.2, 0.25) is 5.13 Å². The SMILES string of the molecule is COc1ccc(-c2csc(N/N=C\c3ccc(OC(C)C)c(Cl)c3)n2)c(OC)c1. The average Bonchev–Trinajstić information content (AvgIpc) is 3.18. The summed E-state index contributed by atoms with van der Waals surface area (Å²) in [5.74, 6) is 2.08. The number of benzene rings is 2. The lowest BCUT2D eigenvalue weighted by atomic mass is 10.1. The second kappa shape index (κ2) is 9.62. The van der Waals surface area contributed by atoms with Crippen LogP contribution in [-0.4, -0.2) is 31.5 Å². The second-order valence-electron chi connectivity index (χ2n) is 6.33. The predicted molar refractivity (Wildman–Crippen MR) is 119 cm³/mol. The van der Waals surface area contributed by atoms with Crippen LogP contribution in [0.2, 0.25) is 5.02 Å². The van der Waals surface area contributed by atoms with E-state index in [0.717, 1.165) is 22.6 Å². The monoisotopic (exact) mass is 431 g/mol. The fourth-order valence-electron chi connectivity index (χ4n) is 2.57. The molecule has 0 aliphatic carbocycles. The largest absolute Gasteiger partial charge is 0.497 e. The Morgan fingerprint density at radius 3 is 2.62 bits per heavy atom. The Bertz CT molecular complexity index is 1000. The lowest BCUT2D eigenvalue weighted by molar-refractivity contribution is 0.242. The first-order valence-corrected chi connectivity index (χ1v) is 10.2. The van der Waals surface area contributed by atoms with Crippen LogP contribution in [0, 0.1) is 0 Å². The number of thiazole rings is 1. The summed E-state index contributed by atoms with van der Waals surface area (Å²) in [6.07, 6.45) is 1.75. The molecule has 0 aliphatic rings. The van der Waals surface area contributed by atoms with Crippen LogP contribution in [0.15, 0.2) is 46.9 Å². The summed E-state index contributed by atoms with van der Waals surface area (Å²) in [6.45, 7) is 3.92. The number of methoxy groups -OCH3 is 2. The van der Waals surface area contributed by atoms with E-state index in [1.165, 1.54) is 11.3 Å². The van der Waals surface area contributed by atoms with Gasteiger partial charge in [0.25, 0.3) is 0 Å². The van der Waals surface area contributed by atoms with E-state index in [4.69, 9.17) is 25.8 Å². The number of hydrazone groups is 1. The molecule has 152 valence electrons. The first kappa shape index (κ1) is 21.0. The highest BCUT2D eigenvalue weighted by Gasteiger charge is 2.11. The third-order valence-electron chi connectivity index (χ3n) is 3.88. The van der Waals surface area contributed by atoms with Gasteiger partial charge in [-0.2, -0.15) is 5.10 Å². The van der Waals surface area contributed by atoms with Crippen molar-refractivity contribution in [1.29, 1.82) is 0 Å². The first-order valence-electron chi connectivity index (χ1n) is 8.93. The van der Waals surface area contributed by atoms with Gasteiger partial charge >= 0.3 is 0 Å². The molecule has 3 rings (SSSR count). The molecule has 0 saturated heterocycles. The van der Waals surface area contributed by atoms with Crippen LogP contribution in [0.4, 0.5) is 5.13 Å². The molecule has 0 amide bonds. The Morgan fingerprint density at radius 2 is 1.93 bits per heavy atom. The zero-order chi connectivity index (χ0) is 20.8. The molecular weight excluding hydrogens is 410 g/mol. The number of nitrogens with zero attached hydrogens (tertiary/aromatic N) is 2. The minimum atomic E-state index is 0.0668. The number of nitrogens with one attached hydrogen (secondary N) is 1. The van der Waals surface area contributed by atoms with Crippen molar-refractivity contribution in [2.75, 3.05) is 19.6 Å². The van der Waals surface area contributed by atoms with E-state index in [1.807, 2.05) is 49.6 Å². The fraction of sp³-hybridized carbons (Fsp3) is 0.238. The van der Waals surface area contributed by atoms with Gasteiger partial charge in [-0.15, -0.1) is 11.3 Å². The molecule has 0 unspecified atom stereocenters.